The molecule has 0 amide bonds. The monoisotopic (exact) mass is 179 g/mol. The number of hydrogen-bond acceptors (Lipinski definition) is 2. The Morgan fingerprint density at radius 1 is 1.38 bits per heavy atom. The molecule has 0 radical (unpaired) electrons. The van der Waals surface area contributed by atoms with Crippen molar-refractivity contribution < 1.29 is 4.74 Å². The Balaban J connectivity index is 2.74. The van der Waals surface area contributed by atoms with E-state index in [1.54, 1.807) is 0 Å². The van der Waals surface area contributed by atoms with Crippen LogP contribution >= 0.6 is 0 Å². The average molecular weight is 179 g/mol. The molecule has 1 aromatic rings. The largest absolute Gasteiger partial charge is 0.490 e. The van der Waals surface area contributed by atoms with E-state index in [1.165, 1.54) is 0 Å². The molecule has 0 saturated heterocycles. The summed E-state index contributed by atoms with van der Waals surface area (Å²) in [4.78, 5) is 0. The molecule has 2 N–H and O–H groups in total. The van der Waals surface area contributed by atoms with Crippen molar-refractivity contribution in [1.82, 2.24) is 0 Å². The van der Waals surface area contributed by atoms with Crippen molar-refractivity contribution in [3.05, 3.63) is 29.8 Å². The first-order valence-corrected chi connectivity index (χ1v) is 4.72. The third-order valence-corrected chi connectivity index (χ3v) is 2.10. The highest BCUT2D eigenvalue weighted by molar-refractivity contribution is 5.33. The molecule has 72 valence electrons. The van der Waals surface area contributed by atoms with Gasteiger partial charge in [-0.05, 0) is 19.4 Å². The second-order valence-corrected chi connectivity index (χ2v) is 3.15. The summed E-state index contributed by atoms with van der Waals surface area (Å²) in [5, 5.41) is 0. The van der Waals surface area contributed by atoms with Crippen molar-refractivity contribution in [2.24, 2.45) is 5.73 Å². The van der Waals surface area contributed by atoms with Gasteiger partial charge in [-0.2, -0.15) is 0 Å². The molecular formula is C11H17NO. The minimum atomic E-state index is 0.257. The molecule has 1 aromatic carbocycles. The summed E-state index contributed by atoms with van der Waals surface area (Å²) in [6.45, 7) is 4.70. The highest BCUT2D eigenvalue weighted by atomic mass is 16.5. The van der Waals surface area contributed by atoms with Gasteiger partial charge in [-0.15, -0.1) is 0 Å². The normalized spacial score (nSPS) is 12.5. The van der Waals surface area contributed by atoms with E-state index in [-0.39, 0.29) is 6.10 Å². The molecule has 0 aromatic heterocycles. The molecule has 0 aliphatic rings. The zero-order valence-corrected chi connectivity index (χ0v) is 8.29. The average Bonchev–Trinajstić information content (AvgIpc) is 2.18. The smallest absolute Gasteiger partial charge is 0.124 e. The van der Waals surface area contributed by atoms with Crippen LogP contribution in [0.3, 0.4) is 0 Å². The van der Waals surface area contributed by atoms with E-state index in [0.717, 1.165) is 17.7 Å². The second-order valence-electron chi connectivity index (χ2n) is 3.15. The second kappa shape index (κ2) is 4.87. The molecule has 2 heteroatoms. The maximum Gasteiger partial charge on any atom is 0.124 e. The van der Waals surface area contributed by atoms with E-state index in [4.69, 9.17) is 10.5 Å². The third-order valence-electron chi connectivity index (χ3n) is 2.10. The van der Waals surface area contributed by atoms with Crippen LogP contribution in [-0.2, 0) is 6.54 Å². The maximum absolute atomic E-state index is 5.71. The third kappa shape index (κ3) is 2.74. The fraction of sp³-hybridized carbons (Fsp3) is 0.455. The van der Waals surface area contributed by atoms with Gasteiger partial charge in [-0.25, -0.2) is 0 Å². The summed E-state index contributed by atoms with van der Waals surface area (Å²) in [5.74, 6) is 0.916. The molecule has 0 unspecified atom stereocenters. The van der Waals surface area contributed by atoms with Crippen LogP contribution in [0.4, 0.5) is 0 Å². The van der Waals surface area contributed by atoms with Gasteiger partial charge in [-0.1, -0.05) is 25.1 Å². The van der Waals surface area contributed by atoms with Gasteiger partial charge in [0, 0.05) is 12.1 Å². The molecule has 0 aliphatic heterocycles. The lowest BCUT2D eigenvalue weighted by Crippen LogP contribution is -2.12. The number of hydrogen-bond donors (Lipinski definition) is 1. The summed E-state index contributed by atoms with van der Waals surface area (Å²) >= 11 is 0. The molecule has 0 heterocycles. The number of rotatable bonds is 4. The summed E-state index contributed by atoms with van der Waals surface area (Å²) in [7, 11) is 0. The van der Waals surface area contributed by atoms with Gasteiger partial charge < -0.3 is 10.5 Å². The zero-order valence-electron chi connectivity index (χ0n) is 8.29. The SMILES string of the molecule is CC[C@@H](C)Oc1ccccc1CN. The Kier molecular flexibility index (Phi) is 3.77. The first kappa shape index (κ1) is 10.1. The van der Waals surface area contributed by atoms with E-state index >= 15 is 0 Å². The Morgan fingerprint density at radius 2 is 2.08 bits per heavy atom. The minimum absolute atomic E-state index is 0.257. The molecule has 13 heavy (non-hydrogen) atoms. The summed E-state index contributed by atoms with van der Waals surface area (Å²) in [6.07, 6.45) is 1.27. The van der Waals surface area contributed by atoms with Gasteiger partial charge in [0.1, 0.15) is 5.75 Å². The molecule has 1 atom stereocenters. The first-order chi connectivity index (χ1) is 6.27. The van der Waals surface area contributed by atoms with Crippen molar-refractivity contribution in [2.75, 3.05) is 0 Å². The summed E-state index contributed by atoms with van der Waals surface area (Å²) < 4.78 is 5.71. The standard InChI is InChI=1S/C11H17NO/c1-3-9(2)13-11-7-5-4-6-10(11)8-12/h4-7,9H,3,8,12H2,1-2H3/t9-/m1/s1. The van der Waals surface area contributed by atoms with Gasteiger partial charge in [0.25, 0.3) is 0 Å². The lowest BCUT2D eigenvalue weighted by molar-refractivity contribution is 0.215. The fourth-order valence-electron chi connectivity index (χ4n) is 1.09. The Labute approximate surface area is 79.7 Å². The lowest BCUT2D eigenvalue weighted by atomic mass is 10.2. The van der Waals surface area contributed by atoms with Crippen molar-refractivity contribution in [1.29, 1.82) is 0 Å². The van der Waals surface area contributed by atoms with Crippen molar-refractivity contribution in [3.8, 4) is 5.75 Å². The Hall–Kier alpha value is -1.02. The van der Waals surface area contributed by atoms with Gasteiger partial charge in [0.15, 0.2) is 0 Å². The number of para-hydroxylation sites is 1. The molecule has 0 aliphatic carbocycles. The van der Waals surface area contributed by atoms with Crippen molar-refractivity contribution in [3.63, 3.8) is 0 Å². The number of nitrogens with two attached hydrogens (primary N) is 1. The van der Waals surface area contributed by atoms with Gasteiger partial charge >= 0.3 is 0 Å². The highest BCUT2D eigenvalue weighted by Gasteiger charge is 2.04. The van der Waals surface area contributed by atoms with Crippen LogP contribution in [0.2, 0.25) is 0 Å². The van der Waals surface area contributed by atoms with Crippen LogP contribution in [0.1, 0.15) is 25.8 Å². The zero-order chi connectivity index (χ0) is 9.68. The molecular weight excluding hydrogens is 162 g/mol. The van der Waals surface area contributed by atoms with Crippen LogP contribution in [-0.4, -0.2) is 6.10 Å². The van der Waals surface area contributed by atoms with Crippen LogP contribution in [0, 0.1) is 0 Å². The lowest BCUT2D eigenvalue weighted by Gasteiger charge is -2.15. The molecule has 0 spiro atoms. The van der Waals surface area contributed by atoms with E-state index in [9.17, 15) is 0 Å². The predicted octanol–water partition coefficient (Wildman–Crippen LogP) is 2.32. The highest BCUT2D eigenvalue weighted by Crippen LogP contribution is 2.19. The van der Waals surface area contributed by atoms with E-state index in [0.29, 0.717) is 6.54 Å². The number of benzene rings is 1. The first-order valence-electron chi connectivity index (χ1n) is 4.72. The van der Waals surface area contributed by atoms with Crippen LogP contribution < -0.4 is 10.5 Å². The van der Waals surface area contributed by atoms with Crippen molar-refractivity contribution in [2.45, 2.75) is 32.9 Å². The minimum Gasteiger partial charge on any atom is -0.490 e. The van der Waals surface area contributed by atoms with Crippen molar-refractivity contribution >= 4 is 0 Å². The molecule has 0 saturated carbocycles. The Bertz CT molecular complexity index is 260. The maximum atomic E-state index is 5.71. The van der Waals surface area contributed by atoms with Gasteiger partial charge in [0.2, 0.25) is 0 Å². The van der Waals surface area contributed by atoms with Crippen LogP contribution in [0.15, 0.2) is 24.3 Å². The van der Waals surface area contributed by atoms with Gasteiger partial charge in [-0.3, -0.25) is 0 Å². The number of ether oxygens (including phenoxy) is 1. The van der Waals surface area contributed by atoms with E-state index in [2.05, 4.69) is 13.8 Å². The van der Waals surface area contributed by atoms with E-state index in [1.807, 2.05) is 24.3 Å². The predicted molar refractivity (Wildman–Crippen MR) is 54.7 cm³/mol. The molecule has 2 nitrogen and oxygen atoms in total. The van der Waals surface area contributed by atoms with Gasteiger partial charge in [0.05, 0.1) is 6.10 Å². The summed E-state index contributed by atoms with van der Waals surface area (Å²) in [5.41, 5.74) is 6.66. The van der Waals surface area contributed by atoms with Crippen LogP contribution in [0.5, 0.6) is 5.75 Å². The molecule has 0 fully saturated rings. The molecule has 1 rings (SSSR count). The topological polar surface area (TPSA) is 35.2 Å². The fourth-order valence-corrected chi connectivity index (χ4v) is 1.09. The van der Waals surface area contributed by atoms with Crippen LogP contribution in [0.25, 0.3) is 0 Å². The Morgan fingerprint density at radius 3 is 2.69 bits per heavy atom. The van der Waals surface area contributed by atoms with E-state index < -0.39 is 0 Å². The quantitative estimate of drug-likeness (QED) is 0.769. The molecule has 0 bridgehead atoms. The summed E-state index contributed by atoms with van der Waals surface area (Å²) in [6, 6.07) is 7.91.